The van der Waals surface area contributed by atoms with Crippen molar-refractivity contribution in [2.75, 3.05) is 10.8 Å². The molecule has 248 valence electrons. The van der Waals surface area contributed by atoms with E-state index < -0.39 is 28.5 Å². The molecule has 0 heterocycles. The van der Waals surface area contributed by atoms with Crippen molar-refractivity contribution >= 4 is 50.7 Å². The summed E-state index contributed by atoms with van der Waals surface area (Å²) in [5.74, 6) is 0.222. The molecule has 1 N–H and O–H groups in total. The van der Waals surface area contributed by atoms with Gasteiger partial charge < -0.3 is 15.0 Å². The molecule has 0 unspecified atom stereocenters. The number of carbonyl (C=O) groups is 2. The SMILES string of the molecule is CC[C@H](C)NC(=O)[C@H](CC)N(Cc1ccc(Cl)c(Cl)c1)C(=O)CN(c1ccc(Oc2ccccc2)cc1)S(=O)(=O)c1ccc(C)cc1. The molecule has 0 spiro atoms. The second kappa shape index (κ2) is 16.2. The Labute approximate surface area is 287 Å². The van der Waals surface area contributed by atoms with Crippen LogP contribution in [0, 0.1) is 6.92 Å². The highest BCUT2D eigenvalue weighted by Crippen LogP contribution is 2.29. The van der Waals surface area contributed by atoms with Crippen molar-refractivity contribution in [1.29, 1.82) is 0 Å². The highest BCUT2D eigenvalue weighted by molar-refractivity contribution is 7.92. The van der Waals surface area contributed by atoms with Crippen LogP contribution in [0.1, 0.15) is 44.7 Å². The van der Waals surface area contributed by atoms with E-state index in [1.54, 1.807) is 54.6 Å². The number of rotatable bonds is 14. The number of aryl methyl sites for hydroxylation is 1. The van der Waals surface area contributed by atoms with Gasteiger partial charge in [0, 0.05) is 12.6 Å². The molecule has 0 aliphatic heterocycles. The number of hydrogen-bond donors (Lipinski definition) is 1. The first kappa shape index (κ1) is 35.8. The van der Waals surface area contributed by atoms with Crippen LogP contribution in [0.3, 0.4) is 0 Å². The third-order valence-corrected chi connectivity index (χ3v) is 10.2. The molecule has 4 aromatic carbocycles. The maximum atomic E-state index is 14.3. The number of sulfonamides is 1. The van der Waals surface area contributed by atoms with Crippen LogP contribution < -0.4 is 14.4 Å². The van der Waals surface area contributed by atoms with Gasteiger partial charge in [-0.15, -0.1) is 0 Å². The van der Waals surface area contributed by atoms with Gasteiger partial charge in [0.15, 0.2) is 0 Å². The number of halogens is 2. The van der Waals surface area contributed by atoms with E-state index in [0.29, 0.717) is 39.9 Å². The van der Waals surface area contributed by atoms with E-state index in [0.717, 1.165) is 9.87 Å². The predicted octanol–water partition coefficient (Wildman–Crippen LogP) is 8.01. The Hall–Kier alpha value is -4.05. The van der Waals surface area contributed by atoms with Crippen LogP contribution in [0.15, 0.2) is 102 Å². The Bertz CT molecular complexity index is 1770. The second-order valence-electron chi connectivity index (χ2n) is 11.2. The first-order chi connectivity index (χ1) is 22.4. The Morgan fingerprint density at radius 3 is 2.06 bits per heavy atom. The van der Waals surface area contributed by atoms with Crippen molar-refractivity contribution in [2.24, 2.45) is 0 Å². The molecule has 0 fully saturated rings. The number of ether oxygens (including phenoxy) is 1. The average molecular weight is 697 g/mol. The number of amides is 2. The largest absolute Gasteiger partial charge is 0.457 e. The van der Waals surface area contributed by atoms with E-state index in [1.165, 1.54) is 17.0 Å². The monoisotopic (exact) mass is 695 g/mol. The highest BCUT2D eigenvalue weighted by Gasteiger charge is 2.34. The summed E-state index contributed by atoms with van der Waals surface area (Å²) in [4.78, 5) is 29.3. The molecule has 0 bridgehead atoms. The highest BCUT2D eigenvalue weighted by atomic mass is 35.5. The Balaban J connectivity index is 1.74. The van der Waals surface area contributed by atoms with Gasteiger partial charge in [0.25, 0.3) is 10.0 Å². The fourth-order valence-corrected chi connectivity index (χ4v) is 6.60. The lowest BCUT2D eigenvalue weighted by Crippen LogP contribution is -2.53. The fourth-order valence-electron chi connectivity index (χ4n) is 4.87. The second-order valence-corrected chi connectivity index (χ2v) is 13.9. The average Bonchev–Trinajstić information content (AvgIpc) is 3.06. The lowest BCUT2D eigenvalue weighted by atomic mass is 10.1. The number of anilines is 1. The van der Waals surface area contributed by atoms with Crippen LogP contribution in [0.5, 0.6) is 11.5 Å². The standard InChI is InChI=1S/C36H39Cl2N3O5S/c1-5-26(4)39-36(43)34(6-2)40(23-27-14-21-32(37)33(38)22-27)35(42)24-41(47(44,45)31-19-12-25(3)13-20-31)28-15-17-30(18-16-28)46-29-10-8-7-9-11-29/h7-22,26,34H,5-6,23-24H2,1-4H3,(H,39,43)/t26-,34-/m0/s1. The van der Waals surface area contributed by atoms with Crippen LogP contribution in [0.25, 0.3) is 0 Å². The van der Waals surface area contributed by atoms with Gasteiger partial charge in [0.05, 0.1) is 20.6 Å². The molecule has 0 aromatic heterocycles. The van der Waals surface area contributed by atoms with Gasteiger partial charge in [-0.1, -0.05) is 79.0 Å². The number of benzene rings is 4. The third kappa shape index (κ3) is 9.28. The molecular formula is C36H39Cl2N3O5S. The van der Waals surface area contributed by atoms with Gasteiger partial charge in [-0.05, 0) is 92.9 Å². The summed E-state index contributed by atoms with van der Waals surface area (Å²) in [6.07, 6.45) is 1.00. The van der Waals surface area contributed by atoms with E-state index in [1.807, 2.05) is 58.0 Å². The number of nitrogens with one attached hydrogen (secondary N) is 1. The zero-order valence-electron chi connectivity index (χ0n) is 26.8. The van der Waals surface area contributed by atoms with Gasteiger partial charge in [0.1, 0.15) is 24.1 Å². The van der Waals surface area contributed by atoms with Gasteiger partial charge >= 0.3 is 0 Å². The summed E-state index contributed by atoms with van der Waals surface area (Å²) in [5.41, 5.74) is 1.78. The summed E-state index contributed by atoms with van der Waals surface area (Å²) in [7, 11) is -4.23. The van der Waals surface area contributed by atoms with E-state index in [9.17, 15) is 18.0 Å². The van der Waals surface area contributed by atoms with Gasteiger partial charge in [-0.3, -0.25) is 13.9 Å². The Morgan fingerprint density at radius 2 is 1.47 bits per heavy atom. The van der Waals surface area contributed by atoms with Crippen molar-refractivity contribution in [1.82, 2.24) is 10.2 Å². The first-order valence-corrected chi connectivity index (χ1v) is 17.6. The molecule has 2 atom stereocenters. The summed E-state index contributed by atoms with van der Waals surface area (Å²) >= 11 is 12.4. The molecule has 0 saturated heterocycles. The minimum Gasteiger partial charge on any atom is -0.457 e. The molecule has 4 aromatic rings. The van der Waals surface area contributed by atoms with Crippen molar-refractivity contribution in [2.45, 2.75) is 64.1 Å². The van der Waals surface area contributed by atoms with Gasteiger partial charge in [-0.2, -0.15) is 0 Å². The van der Waals surface area contributed by atoms with Gasteiger partial charge in [-0.25, -0.2) is 8.42 Å². The number of nitrogens with zero attached hydrogens (tertiary/aromatic N) is 2. The van der Waals surface area contributed by atoms with E-state index >= 15 is 0 Å². The van der Waals surface area contributed by atoms with Crippen molar-refractivity contribution < 1.29 is 22.7 Å². The molecule has 11 heteroatoms. The maximum Gasteiger partial charge on any atom is 0.264 e. The summed E-state index contributed by atoms with van der Waals surface area (Å²) < 4.78 is 35.3. The fraction of sp³-hybridized carbons (Fsp3) is 0.278. The predicted molar refractivity (Wildman–Crippen MR) is 188 cm³/mol. The molecular weight excluding hydrogens is 657 g/mol. The molecule has 0 saturated carbocycles. The van der Waals surface area contributed by atoms with Crippen molar-refractivity contribution in [3.8, 4) is 11.5 Å². The summed E-state index contributed by atoms with van der Waals surface area (Å²) in [5, 5.41) is 3.62. The molecule has 0 radical (unpaired) electrons. The topological polar surface area (TPSA) is 96.0 Å². The van der Waals surface area contributed by atoms with E-state index in [4.69, 9.17) is 27.9 Å². The van der Waals surface area contributed by atoms with Crippen molar-refractivity contribution in [3.05, 3.63) is 118 Å². The molecule has 47 heavy (non-hydrogen) atoms. The summed E-state index contributed by atoms with van der Waals surface area (Å²) in [6.45, 7) is 6.95. The zero-order valence-corrected chi connectivity index (χ0v) is 29.1. The molecule has 2 amide bonds. The summed E-state index contributed by atoms with van der Waals surface area (Å²) in [6, 6.07) is 26.1. The smallest absolute Gasteiger partial charge is 0.264 e. The van der Waals surface area contributed by atoms with Crippen LogP contribution in [0.4, 0.5) is 5.69 Å². The Morgan fingerprint density at radius 1 is 0.830 bits per heavy atom. The number of carbonyl (C=O) groups excluding carboxylic acids is 2. The molecule has 8 nitrogen and oxygen atoms in total. The lowest BCUT2D eigenvalue weighted by Gasteiger charge is -2.33. The number of para-hydroxylation sites is 1. The lowest BCUT2D eigenvalue weighted by molar-refractivity contribution is -0.140. The minimum atomic E-state index is -4.23. The normalized spacial score (nSPS) is 12.6. The Kier molecular flexibility index (Phi) is 12.3. The third-order valence-electron chi connectivity index (χ3n) is 7.72. The van der Waals surface area contributed by atoms with Crippen LogP contribution in [0.2, 0.25) is 10.0 Å². The van der Waals surface area contributed by atoms with Crippen LogP contribution >= 0.6 is 23.2 Å². The van der Waals surface area contributed by atoms with Crippen LogP contribution in [-0.4, -0.2) is 43.8 Å². The van der Waals surface area contributed by atoms with E-state index in [-0.39, 0.29) is 29.1 Å². The van der Waals surface area contributed by atoms with Crippen LogP contribution in [-0.2, 0) is 26.2 Å². The first-order valence-electron chi connectivity index (χ1n) is 15.4. The van der Waals surface area contributed by atoms with Gasteiger partial charge in [0.2, 0.25) is 11.8 Å². The van der Waals surface area contributed by atoms with E-state index in [2.05, 4.69) is 5.32 Å². The molecule has 4 rings (SSSR count). The minimum absolute atomic E-state index is 0.00439. The maximum absolute atomic E-state index is 14.3. The quantitative estimate of drug-likeness (QED) is 0.144. The zero-order chi connectivity index (χ0) is 34.1. The molecule has 0 aliphatic rings. The number of hydrogen-bond acceptors (Lipinski definition) is 5. The molecule has 0 aliphatic carbocycles. The van der Waals surface area contributed by atoms with Crippen molar-refractivity contribution in [3.63, 3.8) is 0 Å².